The van der Waals surface area contributed by atoms with Gasteiger partial charge in [0.2, 0.25) is 11.8 Å². The number of aromatic nitrogens is 1. The fraction of sp³-hybridized carbons (Fsp3) is 0.261. The summed E-state index contributed by atoms with van der Waals surface area (Å²) in [5.41, 5.74) is 2.65. The van der Waals surface area contributed by atoms with Crippen LogP contribution in [0.5, 0.6) is 0 Å². The molecule has 3 rings (SSSR count). The monoisotopic (exact) mass is 439 g/mol. The lowest BCUT2D eigenvalue weighted by Crippen LogP contribution is -2.22. The molecule has 1 atom stereocenters. The Labute approximate surface area is 185 Å². The number of rotatable bonds is 9. The molecule has 1 heterocycles. The molecule has 0 aliphatic heterocycles. The molecule has 0 radical (unpaired) electrons. The van der Waals surface area contributed by atoms with Gasteiger partial charge in [-0.1, -0.05) is 43.7 Å². The van der Waals surface area contributed by atoms with Crippen molar-refractivity contribution in [3.05, 3.63) is 60.0 Å². The van der Waals surface area contributed by atoms with Crippen LogP contribution in [0.3, 0.4) is 0 Å². The number of carbonyl (C=O) groups excluding carboxylic acids is 2. The van der Waals surface area contributed by atoms with E-state index in [0.29, 0.717) is 11.6 Å². The fourth-order valence-electron chi connectivity index (χ4n) is 2.71. The van der Waals surface area contributed by atoms with Crippen molar-refractivity contribution in [3.8, 4) is 11.3 Å². The molecule has 0 saturated carbocycles. The van der Waals surface area contributed by atoms with Crippen LogP contribution in [-0.4, -0.2) is 22.0 Å². The van der Waals surface area contributed by atoms with Gasteiger partial charge in [-0.05, 0) is 37.6 Å². The second-order valence-electron chi connectivity index (χ2n) is 6.83. The molecule has 0 spiro atoms. The van der Waals surface area contributed by atoms with E-state index >= 15 is 0 Å². The number of thiazole rings is 1. The largest absolute Gasteiger partial charge is 0.326 e. The van der Waals surface area contributed by atoms with Gasteiger partial charge in [0, 0.05) is 27.9 Å². The maximum absolute atomic E-state index is 12.6. The third-order valence-electron chi connectivity index (χ3n) is 4.38. The van der Waals surface area contributed by atoms with Crippen molar-refractivity contribution in [2.75, 3.05) is 10.6 Å². The predicted octanol–water partition coefficient (Wildman–Crippen LogP) is 6.06. The number of hydrogen-bond acceptors (Lipinski definition) is 5. The quantitative estimate of drug-likeness (QED) is 0.398. The van der Waals surface area contributed by atoms with Crippen LogP contribution in [0.1, 0.15) is 33.1 Å². The molecule has 30 heavy (non-hydrogen) atoms. The van der Waals surface area contributed by atoms with Gasteiger partial charge in [-0.15, -0.1) is 23.1 Å². The minimum absolute atomic E-state index is 0.0309. The zero-order chi connectivity index (χ0) is 21.3. The Morgan fingerprint density at radius 2 is 1.80 bits per heavy atom. The highest BCUT2D eigenvalue weighted by Gasteiger charge is 2.16. The fourth-order valence-corrected chi connectivity index (χ4v) is 4.31. The van der Waals surface area contributed by atoms with Gasteiger partial charge in [-0.2, -0.15) is 0 Å². The summed E-state index contributed by atoms with van der Waals surface area (Å²) < 4.78 is 0. The first kappa shape index (κ1) is 22.1. The van der Waals surface area contributed by atoms with Gasteiger partial charge in [0.1, 0.15) is 0 Å². The molecular formula is C23H25N3O2S2. The first-order chi connectivity index (χ1) is 14.5. The molecule has 2 N–H and O–H groups in total. The van der Waals surface area contributed by atoms with Crippen LogP contribution in [-0.2, 0) is 9.59 Å². The molecular weight excluding hydrogens is 414 g/mol. The van der Waals surface area contributed by atoms with Crippen molar-refractivity contribution >= 4 is 45.7 Å². The van der Waals surface area contributed by atoms with Crippen LogP contribution in [0.4, 0.5) is 10.8 Å². The molecule has 5 nitrogen and oxygen atoms in total. The number of thioether (sulfide) groups is 1. The highest BCUT2D eigenvalue weighted by atomic mass is 32.2. The minimum Gasteiger partial charge on any atom is -0.326 e. The lowest BCUT2D eigenvalue weighted by molar-refractivity contribution is -0.116. The van der Waals surface area contributed by atoms with Gasteiger partial charge in [0.25, 0.3) is 0 Å². The predicted molar refractivity (Wildman–Crippen MR) is 126 cm³/mol. The van der Waals surface area contributed by atoms with Crippen molar-refractivity contribution in [1.29, 1.82) is 0 Å². The number of benzene rings is 2. The van der Waals surface area contributed by atoms with Crippen LogP contribution < -0.4 is 10.6 Å². The number of nitrogens with one attached hydrogen (secondary N) is 2. The van der Waals surface area contributed by atoms with Gasteiger partial charge in [0.15, 0.2) is 5.13 Å². The molecule has 0 bridgehead atoms. The first-order valence-corrected chi connectivity index (χ1v) is 11.7. The summed E-state index contributed by atoms with van der Waals surface area (Å²) in [6, 6.07) is 17.4. The Kier molecular flexibility index (Phi) is 8.04. The summed E-state index contributed by atoms with van der Waals surface area (Å²) in [5, 5.41) is 8.05. The average Bonchev–Trinajstić information content (AvgIpc) is 3.22. The second-order valence-corrected chi connectivity index (χ2v) is 9.10. The maximum atomic E-state index is 12.6. The topological polar surface area (TPSA) is 71.1 Å². The Hall–Kier alpha value is -2.64. The molecule has 7 heteroatoms. The van der Waals surface area contributed by atoms with Crippen molar-refractivity contribution < 1.29 is 9.59 Å². The summed E-state index contributed by atoms with van der Waals surface area (Å²) in [4.78, 5) is 29.8. The van der Waals surface area contributed by atoms with Crippen LogP contribution in [0, 0.1) is 0 Å². The number of hydrogen-bond donors (Lipinski definition) is 2. The van der Waals surface area contributed by atoms with Gasteiger partial charge in [-0.25, -0.2) is 4.98 Å². The van der Waals surface area contributed by atoms with E-state index in [1.54, 1.807) is 0 Å². The molecule has 156 valence electrons. The normalized spacial score (nSPS) is 11.7. The molecule has 0 saturated heterocycles. The van der Waals surface area contributed by atoms with E-state index in [1.165, 1.54) is 23.1 Å². The number of unbranched alkanes of at least 4 members (excludes halogenated alkanes) is 1. The van der Waals surface area contributed by atoms with E-state index in [2.05, 4.69) is 22.5 Å². The molecule has 2 aromatic carbocycles. The van der Waals surface area contributed by atoms with Gasteiger partial charge < -0.3 is 10.6 Å². The SMILES string of the molecule is CCCCC(=O)Nc1ccc(SC(C)C(=O)Nc2nc(-c3ccccc3)cs2)cc1. The van der Waals surface area contributed by atoms with Gasteiger partial charge >= 0.3 is 0 Å². The van der Waals surface area contributed by atoms with E-state index < -0.39 is 0 Å². The van der Waals surface area contributed by atoms with Crippen molar-refractivity contribution in [1.82, 2.24) is 4.98 Å². The molecule has 1 aromatic heterocycles. The lowest BCUT2D eigenvalue weighted by atomic mass is 10.2. The smallest absolute Gasteiger partial charge is 0.239 e. The summed E-state index contributed by atoms with van der Waals surface area (Å²) in [7, 11) is 0. The highest BCUT2D eigenvalue weighted by Crippen LogP contribution is 2.28. The molecule has 3 aromatic rings. The van der Waals surface area contributed by atoms with Crippen LogP contribution in [0.25, 0.3) is 11.3 Å². The van der Waals surface area contributed by atoms with Crippen LogP contribution >= 0.6 is 23.1 Å². The van der Waals surface area contributed by atoms with Gasteiger partial charge in [0.05, 0.1) is 10.9 Å². The zero-order valence-corrected chi connectivity index (χ0v) is 18.7. The van der Waals surface area contributed by atoms with Crippen molar-refractivity contribution in [2.45, 2.75) is 43.3 Å². The summed E-state index contributed by atoms with van der Waals surface area (Å²) in [5.74, 6) is -0.0609. The van der Waals surface area contributed by atoms with Gasteiger partial charge in [-0.3, -0.25) is 9.59 Å². The third-order valence-corrected chi connectivity index (χ3v) is 6.25. The van der Waals surface area contributed by atoms with E-state index in [4.69, 9.17) is 0 Å². The molecule has 0 aliphatic rings. The number of nitrogens with zero attached hydrogens (tertiary/aromatic N) is 1. The number of amides is 2. The summed E-state index contributed by atoms with van der Waals surface area (Å²) in [6.45, 7) is 3.93. The molecule has 0 fully saturated rings. The summed E-state index contributed by atoms with van der Waals surface area (Å²) in [6.07, 6.45) is 2.42. The zero-order valence-electron chi connectivity index (χ0n) is 17.1. The Balaban J connectivity index is 1.52. The van der Waals surface area contributed by atoms with E-state index in [-0.39, 0.29) is 17.1 Å². The van der Waals surface area contributed by atoms with Crippen LogP contribution in [0.2, 0.25) is 0 Å². The Morgan fingerprint density at radius 3 is 2.50 bits per heavy atom. The standard InChI is InChI=1S/C23H25N3O2S2/c1-3-4-10-21(27)24-18-11-13-19(14-12-18)30-16(2)22(28)26-23-25-20(15-29-23)17-8-6-5-7-9-17/h5-9,11-16H,3-4,10H2,1-2H3,(H,24,27)(H,25,26,28). The minimum atomic E-state index is -0.279. The lowest BCUT2D eigenvalue weighted by Gasteiger charge is -2.11. The molecule has 0 aliphatic carbocycles. The Morgan fingerprint density at radius 1 is 1.07 bits per heavy atom. The van der Waals surface area contributed by atoms with E-state index in [1.807, 2.05) is 66.9 Å². The maximum Gasteiger partial charge on any atom is 0.239 e. The Bertz CT molecular complexity index is 972. The number of carbonyl (C=O) groups is 2. The summed E-state index contributed by atoms with van der Waals surface area (Å²) >= 11 is 2.88. The van der Waals surface area contributed by atoms with Crippen molar-refractivity contribution in [3.63, 3.8) is 0 Å². The third kappa shape index (κ3) is 6.43. The van der Waals surface area contributed by atoms with E-state index in [0.717, 1.165) is 34.7 Å². The highest BCUT2D eigenvalue weighted by molar-refractivity contribution is 8.00. The average molecular weight is 440 g/mol. The van der Waals surface area contributed by atoms with Crippen molar-refractivity contribution in [2.24, 2.45) is 0 Å². The molecule has 1 unspecified atom stereocenters. The van der Waals surface area contributed by atoms with Crippen LogP contribution in [0.15, 0.2) is 64.9 Å². The van der Waals surface area contributed by atoms with E-state index in [9.17, 15) is 9.59 Å². The second kappa shape index (κ2) is 10.9. The number of anilines is 2. The molecule has 2 amide bonds. The first-order valence-electron chi connectivity index (χ1n) is 9.93.